The van der Waals surface area contributed by atoms with Crippen molar-refractivity contribution >= 4 is 11.6 Å². The molecule has 1 saturated carbocycles. The van der Waals surface area contributed by atoms with Crippen molar-refractivity contribution in [3.63, 3.8) is 0 Å². The van der Waals surface area contributed by atoms with Crippen molar-refractivity contribution in [2.24, 2.45) is 11.7 Å². The summed E-state index contributed by atoms with van der Waals surface area (Å²) in [6, 6.07) is 7.68. The van der Waals surface area contributed by atoms with E-state index in [4.69, 9.17) is 10.5 Å². The van der Waals surface area contributed by atoms with Crippen LogP contribution in [0, 0.1) is 5.92 Å². The first-order valence-electron chi connectivity index (χ1n) is 6.38. The summed E-state index contributed by atoms with van der Waals surface area (Å²) in [6.07, 6.45) is 1.64. The van der Waals surface area contributed by atoms with Gasteiger partial charge in [-0.2, -0.15) is 0 Å². The van der Waals surface area contributed by atoms with Crippen molar-refractivity contribution in [2.75, 3.05) is 5.32 Å². The highest BCUT2D eigenvalue weighted by atomic mass is 16.5. The van der Waals surface area contributed by atoms with Crippen LogP contribution < -0.4 is 15.8 Å². The van der Waals surface area contributed by atoms with Crippen LogP contribution >= 0.6 is 0 Å². The first kappa shape index (κ1) is 12.9. The lowest BCUT2D eigenvalue weighted by Gasteiger charge is -2.31. The zero-order valence-corrected chi connectivity index (χ0v) is 10.8. The minimum atomic E-state index is 0.0384. The van der Waals surface area contributed by atoms with Crippen LogP contribution in [0.25, 0.3) is 0 Å². The molecule has 1 aromatic carbocycles. The predicted molar refractivity (Wildman–Crippen MR) is 71.5 cm³/mol. The highest BCUT2D eigenvalue weighted by Gasteiger charge is 2.32. The number of hydrogen-bond donors (Lipinski definition) is 2. The molecular formula is C14H20N2O2. The second kappa shape index (κ2) is 5.40. The molecule has 18 heavy (non-hydrogen) atoms. The molecule has 2 rings (SSSR count). The molecule has 0 aromatic heterocycles. The van der Waals surface area contributed by atoms with Crippen LogP contribution in [0.4, 0.5) is 5.69 Å². The van der Waals surface area contributed by atoms with Crippen LogP contribution in [0.5, 0.6) is 5.75 Å². The Balaban J connectivity index is 2.02. The molecule has 1 aliphatic rings. The summed E-state index contributed by atoms with van der Waals surface area (Å²) in [4.78, 5) is 12.0. The van der Waals surface area contributed by atoms with E-state index in [1.165, 1.54) is 0 Å². The monoisotopic (exact) mass is 248 g/mol. The van der Waals surface area contributed by atoms with Crippen LogP contribution in [0.1, 0.15) is 26.7 Å². The van der Waals surface area contributed by atoms with E-state index in [1.54, 1.807) is 0 Å². The Bertz CT molecular complexity index is 426. The van der Waals surface area contributed by atoms with Gasteiger partial charge in [-0.25, -0.2) is 0 Å². The zero-order chi connectivity index (χ0) is 13.1. The van der Waals surface area contributed by atoms with E-state index in [9.17, 15) is 4.79 Å². The van der Waals surface area contributed by atoms with Gasteiger partial charge < -0.3 is 15.8 Å². The molecule has 0 spiro atoms. The zero-order valence-electron chi connectivity index (χ0n) is 10.8. The Labute approximate surface area is 108 Å². The summed E-state index contributed by atoms with van der Waals surface area (Å²) >= 11 is 0. The number of nitrogens with two attached hydrogens (primary N) is 1. The highest BCUT2D eigenvalue weighted by molar-refractivity contribution is 5.94. The van der Waals surface area contributed by atoms with Crippen molar-refractivity contribution in [1.29, 1.82) is 0 Å². The fourth-order valence-electron chi connectivity index (χ4n) is 2.04. The van der Waals surface area contributed by atoms with Crippen molar-refractivity contribution in [2.45, 2.75) is 38.8 Å². The van der Waals surface area contributed by atoms with Crippen LogP contribution in [0.2, 0.25) is 0 Å². The molecule has 1 fully saturated rings. The van der Waals surface area contributed by atoms with Gasteiger partial charge in [0.05, 0.1) is 11.8 Å². The van der Waals surface area contributed by atoms with Crippen molar-refractivity contribution in [3.05, 3.63) is 24.3 Å². The maximum absolute atomic E-state index is 12.0. The molecule has 1 aliphatic carbocycles. The van der Waals surface area contributed by atoms with Crippen LogP contribution in [0.15, 0.2) is 24.3 Å². The van der Waals surface area contributed by atoms with Gasteiger partial charge >= 0.3 is 0 Å². The molecule has 0 radical (unpaired) electrons. The van der Waals surface area contributed by atoms with Gasteiger partial charge in [-0.05, 0) is 38.8 Å². The molecule has 0 unspecified atom stereocenters. The molecule has 0 heterocycles. The molecule has 98 valence electrons. The largest absolute Gasteiger partial charge is 0.489 e. The molecule has 1 amide bonds. The molecule has 0 aliphatic heterocycles. The van der Waals surface area contributed by atoms with Crippen molar-refractivity contribution in [3.8, 4) is 5.75 Å². The number of amides is 1. The topological polar surface area (TPSA) is 64.3 Å². The smallest absolute Gasteiger partial charge is 0.227 e. The van der Waals surface area contributed by atoms with Gasteiger partial charge in [0.2, 0.25) is 5.91 Å². The lowest BCUT2D eigenvalue weighted by molar-refractivity contribution is -0.122. The van der Waals surface area contributed by atoms with Gasteiger partial charge in [0.15, 0.2) is 0 Å². The third-order valence-electron chi connectivity index (χ3n) is 3.05. The van der Waals surface area contributed by atoms with E-state index in [2.05, 4.69) is 5.32 Å². The Hall–Kier alpha value is -1.55. The van der Waals surface area contributed by atoms with Gasteiger partial charge in [0, 0.05) is 12.0 Å². The minimum absolute atomic E-state index is 0.0384. The maximum Gasteiger partial charge on any atom is 0.227 e. The first-order valence-corrected chi connectivity index (χ1v) is 6.38. The number of benzene rings is 1. The first-order chi connectivity index (χ1) is 8.56. The Morgan fingerprint density at radius 3 is 2.67 bits per heavy atom. The molecule has 0 atom stereocenters. The summed E-state index contributed by atoms with van der Waals surface area (Å²) in [6.45, 7) is 3.92. The molecule has 1 aromatic rings. The average molecular weight is 248 g/mol. The number of rotatable bonds is 4. The van der Waals surface area contributed by atoms with Gasteiger partial charge in [-0.1, -0.05) is 12.1 Å². The van der Waals surface area contributed by atoms with E-state index >= 15 is 0 Å². The van der Waals surface area contributed by atoms with Gasteiger partial charge in [-0.3, -0.25) is 4.79 Å². The molecule has 4 heteroatoms. The lowest BCUT2D eigenvalue weighted by Crippen LogP contribution is -2.42. The normalized spacial score (nSPS) is 22.4. The fraction of sp³-hybridized carbons (Fsp3) is 0.500. The van der Waals surface area contributed by atoms with Gasteiger partial charge in [-0.15, -0.1) is 0 Å². The Morgan fingerprint density at radius 2 is 2.06 bits per heavy atom. The minimum Gasteiger partial charge on any atom is -0.489 e. The fourth-order valence-corrected chi connectivity index (χ4v) is 2.04. The number of carbonyl (C=O) groups is 1. The number of ether oxygens (including phenoxy) is 1. The third kappa shape index (κ3) is 3.01. The molecular weight excluding hydrogens is 228 g/mol. The second-order valence-electron chi connectivity index (χ2n) is 5.08. The Kier molecular flexibility index (Phi) is 3.87. The van der Waals surface area contributed by atoms with E-state index in [-0.39, 0.29) is 24.0 Å². The van der Waals surface area contributed by atoms with Gasteiger partial charge in [0.25, 0.3) is 0 Å². The maximum atomic E-state index is 12.0. The predicted octanol–water partition coefficient (Wildman–Crippen LogP) is 2.15. The number of hydrogen-bond acceptors (Lipinski definition) is 3. The molecule has 0 bridgehead atoms. The highest BCUT2D eigenvalue weighted by Crippen LogP contribution is 2.30. The Morgan fingerprint density at radius 1 is 1.39 bits per heavy atom. The number of anilines is 1. The van der Waals surface area contributed by atoms with E-state index in [0.717, 1.165) is 18.5 Å². The van der Waals surface area contributed by atoms with Crippen molar-refractivity contribution < 1.29 is 9.53 Å². The van der Waals surface area contributed by atoms with E-state index in [1.807, 2.05) is 38.1 Å². The molecule has 0 saturated heterocycles. The SMILES string of the molecule is CC(C)Oc1ccccc1NC(=O)C1CC(N)C1. The average Bonchev–Trinajstić information content (AvgIpc) is 2.27. The van der Waals surface area contributed by atoms with Crippen LogP contribution in [-0.2, 0) is 4.79 Å². The summed E-state index contributed by atoms with van der Waals surface area (Å²) in [7, 11) is 0. The molecule has 4 nitrogen and oxygen atoms in total. The lowest BCUT2D eigenvalue weighted by atomic mass is 9.80. The summed E-state index contributed by atoms with van der Waals surface area (Å²) in [5, 5.41) is 2.92. The summed E-state index contributed by atoms with van der Waals surface area (Å²) in [5.74, 6) is 0.799. The number of para-hydroxylation sites is 2. The van der Waals surface area contributed by atoms with E-state index in [0.29, 0.717) is 5.75 Å². The van der Waals surface area contributed by atoms with Crippen LogP contribution in [-0.4, -0.2) is 18.1 Å². The van der Waals surface area contributed by atoms with Crippen molar-refractivity contribution in [1.82, 2.24) is 0 Å². The standard InChI is InChI=1S/C14H20N2O2/c1-9(2)18-13-6-4-3-5-12(13)16-14(17)10-7-11(15)8-10/h3-6,9-11H,7-8,15H2,1-2H3,(H,16,17). The number of carbonyl (C=O) groups excluding carboxylic acids is 1. The third-order valence-corrected chi connectivity index (χ3v) is 3.05. The van der Waals surface area contributed by atoms with E-state index < -0.39 is 0 Å². The number of nitrogens with one attached hydrogen (secondary N) is 1. The van der Waals surface area contributed by atoms with Gasteiger partial charge in [0.1, 0.15) is 5.75 Å². The quantitative estimate of drug-likeness (QED) is 0.858. The summed E-state index contributed by atoms with van der Waals surface area (Å²) < 4.78 is 5.66. The second-order valence-corrected chi connectivity index (χ2v) is 5.08. The summed E-state index contributed by atoms with van der Waals surface area (Å²) in [5.41, 5.74) is 6.42. The molecule has 3 N–H and O–H groups in total. The van der Waals surface area contributed by atoms with Crippen LogP contribution in [0.3, 0.4) is 0 Å².